The van der Waals surface area contributed by atoms with Gasteiger partial charge in [-0.3, -0.25) is 9.59 Å². The molecular formula is C17H12N4O2S. The summed E-state index contributed by atoms with van der Waals surface area (Å²) >= 11 is 1.35. The summed E-state index contributed by atoms with van der Waals surface area (Å²) in [6, 6.07) is 14.4. The quantitative estimate of drug-likeness (QED) is 0.796. The number of benzene rings is 2. The summed E-state index contributed by atoms with van der Waals surface area (Å²) in [5, 5.41) is 10.9. The van der Waals surface area contributed by atoms with E-state index in [4.69, 9.17) is 0 Å². The van der Waals surface area contributed by atoms with E-state index >= 15 is 0 Å². The van der Waals surface area contributed by atoms with Gasteiger partial charge in [0.2, 0.25) is 0 Å². The topological polar surface area (TPSA) is 83.8 Å². The second kappa shape index (κ2) is 5.93. The molecule has 0 spiro atoms. The van der Waals surface area contributed by atoms with Gasteiger partial charge in [-0.15, -0.1) is 16.5 Å². The highest BCUT2D eigenvalue weighted by Crippen LogP contribution is 2.27. The number of azo groups is 1. The van der Waals surface area contributed by atoms with Crippen molar-refractivity contribution in [1.29, 1.82) is 0 Å². The Hall–Kier alpha value is -2.93. The highest BCUT2D eigenvalue weighted by atomic mass is 32.1. The van der Waals surface area contributed by atoms with Crippen LogP contribution in [0, 0.1) is 0 Å². The van der Waals surface area contributed by atoms with Gasteiger partial charge in [0, 0.05) is 12.1 Å². The average Bonchev–Trinajstić information content (AvgIpc) is 3.05. The van der Waals surface area contributed by atoms with E-state index in [0.717, 1.165) is 15.8 Å². The van der Waals surface area contributed by atoms with E-state index in [1.54, 1.807) is 12.1 Å². The summed E-state index contributed by atoms with van der Waals surface area (Å²) in [5.74, 6) is -0.597. The van der Waals surface area contributed by atoms with Gasteiger partial charge >= 0.3 is 0 Å². The number of nitrogens with one attached hydrogen (secondary N) is 1. The molecule has 1 aromatic heterocycles. The minimum atomic E-state index is -0.364. The molecule has 1 N–H and O–H groups in total. The van der Waals surface area contributed by atoms with Crippen LogP contribution >= 0.6 is 11.3 Å². The van der Waals surface area contributed by atoms with Crippen LogP contribution in [0.1, 0.15) is 31.8 Å². The first-order chi connectivity index (χ1) is 11.7. The van der Waals surface area contributed by atoms with Crippen molar-refractivity contribution in [2.75, 3.05) is 6.54 Å². The fourth-order valence-electron chi connectivity index (χ4n) is 2.61. The van der Waals surface area contributed by atoms with Gasteiger partial charge in [0.25, 0.3) is 11.8 Å². The normalized spacial score (nSPS) is 16.2. The molecule has 0 fully saturated rings. The van der Waals surface area contributed by atoms with Gasteiger partial charge < -0.3 is 5.32 Å². The highest BCUT2D eigenvalue weighted by Gasteiger charge is 2.24. The van der Waals surface area contributed by atoms with E-state index in [2.05, 4.69) is 20.5 Å². The van der Waals surface area contributed by atoms with Gasteiger partial charge in [0.05, 0.1) is 10.2 Å². The first-order valence-electron chi connectivity index (χ1n) is 7.40. The first kappa shape index (κ1) is 14.6. The summed E-state index contributed by atoms with van der Waals surface area (Å²) < 4.78 is 0.968. The van der Waals surface area contributed by atoms with Crippen LogP contribution in [-0.4, -0.2) is 23.3 Å². The van der Waals surface area contributed by atoms with Crippen molar-refractivity contribution in [3.8, 4) is 0 Å². The number of para-hydroxylation sites is 1. The lowest BCUT2D eigenvalue weighted by molar-refractivity contribution is 0.0950. The Kier molecular flexibility index (Phi) is 3.62. The number of nitrogens with zero attached hydrogens (tertiary/aromatic N) is 3. The van der Waals surface area contributed by atoms with Crippen molar-refractivity contribution in [2.45, 2.75) is 6.04 Å². The Morgan fingerprint density at radius 2 is 1.92 bits per heavy atom. The van der Waals surface area contributed by atoms with Crippen molar-refractivity contribution in [3.63, 3.8) is 0 Å². The SMILES string of the molecule is O=C(NCC1N=NC(=O)c2ccccc21)c1nc2ccccc2s1. The maximum Gasteiger partial charge on any atom is 0.295 e. The van der Waals surface area contributed by atoms with Crippen molar-refractivity contribution < 1.29 is 9.59 Å². The fraction of sp³-hybridized carbons (Fsp3) is 0.118. The lowest BCUT2D eigenvalue weighted by atomic mass is 9.99. The van der Waals surface area contributed by atoms with E-state index in [9.17, 15) is 9.59 Å². The molecule has 0 saturated carbocycles. The van der Waals surface area contributed by atoms with Crippen LogP contribution < -0.4 is 5.32 Å². The predicted molar refractivity (Wildman–Crippen MR) is 90.3 cm³/mol. The average molecular weight is 336 g/mol. The van der Waals surface area contributed by atoms with Gasteiger partial charge in [0.15, 0.2) is 5.01 Å². The number of carbonyl (C=O) groups excluding carboxylic acids is 2. The van der Waals surface area contributed by atoms with Crippen LogP contribution in [0.5, 0.6) is 0 Å². The largest absolute Gasteiger partial charge is 0.347 e. The summed E-state index contributed by atoms with van der Waals surface area (Å²) in [6.07, 6.45) is 0. The second-order valence-electron chi connectivity index (χ2n) is 5.32. The Morgan fingerprint density at radius 3 is 2.79 bits per heavy atom. The number of carbonyl (C=O) groups is 2. The van der Waals surface area contributed by atoms with Crippen LogP contribution in [0.3, 0.4) is 0 Å². The Labute approximate surface area is 141 Å². The molecule has 0 aliphatic carbocycles. The number of rotatable bonds is 3. The first-order valence-corrected chi connectivity index (χ1v) is 8.22. The molecule has 0 radical (unpaired) electrons. The Balaban J connectivity index is 1.51. The van der Waals surface area contributed by atoms with E-state index in [1.165, 1.54) is 11.3 Å². The molecule has 1 aliphatic heterocycles. The van der Waals surface area contributed by atoms with Crippen LogP contribution in [0.15, 0.2) is 58.8 Å². The zero-order valence-corrected chi connectivity index (χ0v) is 13.3. The maximum atomic E-state index is 12.3. The number of amides is 2. The number of hydrogen-bond acceptors (Lipinski definition) is 5. The molecule has 2 aromatic carbocycles. The molecular weight excluding hydrogens is 324 g/mol. The lowest BCUT2D eigenvalue weighted by Gasteiger charge is -2.18. The van der Waals surface area contributed by atoms with Gasteiger partial charge in [-0.05, 0) is 23.8 Å². The van der Waals surface area contributed by atoms with E-state index in [0.29, 0.717) is 10.6 Å². The van der Waals surface area contributed by atoms with Gasteiger partial charge in [-0.25, -0.2) is 4.98 Å². The van der Waals surface area contributed by atoms with Gasteiger partial charge in [0.1, 0.15) is 6.04 Å². The third-order valence-corrected chi connectivity index (χ3v) is 4.82. The van der Waals surface area contributed by atoms with Crippen molar-refractivity contribution in [2.24, 2.45) is 10.2 Å². The Bertz CT molecular complexity index is 946. The molecule has 0 bridgehead atoms. The molecule has 118 valence electrons. The number of aromatic nitrogens is 1. The Morgan fingerprint density at radius 1 is 1.12 bits per heavy atom. The summed E-state index contributed by atoms with van der Waals surface area (Å²) in [5.41, 5.74) is 2.12. The minimum Gasteiger partial charge on any atom is -0.347 e. The third-order valence-electron chi connectivity index (χ3n) is 3.78. The van der Waals surface area contributed by atoms with Crippen LogP contribution in [0.25, 0.3) is 10.2 Å². The van der Waals surface area contributed by atoms with Crippen LogP contribution in [0.2, 0.25) is 0 Å². The van der Waals surface area contributed by atoms with Crippen molar-refractivity contribution >= 4 is 33.4 Å². The lowest BCUT2D eigenvalue weighted by Crippen LogP contribution is -2.29. The third kappa shape index (κ3) is 2.59. The predicted octanol–water partition coefficient (Wildman–Crippen LogP) is 3.37. The number of hydrogen-bond donors (Lipinski definition) is 1. The van der Waals surface area contributed by atoms with Gasteiger partial charge in [-0.1, -0.05) is 30.3 Å². The smallest absolute Gasteiger partial charge is 0.295 e. The van der Waals surface area contributed by atoms with Crippen LogP contribution in [0.4, 0.5) is 0 Å². The van der Waals surface area contributed by atoms with E-state index in [1.807, 2.05) is 36.4 Å². The van der Waals surface area contributed by atoms with Crippen molar-refractivity contribution in [3.05, 3.63) is 64.7 Å². The summed E-state index contributed by atoms with van der Waals surface area (Å²) in [6.45, 7) is 0.266. The zero-order chi connectivity index (χ0) is 16.5. The zero-order valence-electron chi connectivity index (χ0n) is 12.5. The highest BCUT2D eigenvalue weighted by molar-refractivity contribution is 7.20. The molecule has 1 aliphatic rings. The molecule has 7 heteroatoms. The fourth-order valence-corrected chi connectivity index (χ4v) is 3.49. The molecule has 3 aromatic rings. The van der Waals surface area contributed by atoms with Crippen molar-refractivity contribution in [1.82, 2.24) is 10.3 Å². The van der Waals surface area contributed by atoms with E-state index < -0.39 is 0 Å². The molecule has 1 atom stereocenters. The number of fused-ring (bicyclic) bond motifs is 2. The molecule has 4 rings (SSSR count). The molecule has 2 amide bonds. The second-order valence-corrected chi connectivity index (χ2v) is 6.35. The molecule has 0 saturated heterocycles. The van der Waals surface area contributed by atoms with E-state index in [-0.39, 0.29) is 24.4 Å². The number of thiazole rings is 1. The molecule has 2 heterocycles. The monoisotopic (exact) mass is 336 g/mol. The molecule has 1 unspecified atom stereocenters. The summed E-state index contributed by atoms with van der Waals surface area (Å²) in [4.78, 5) is 28.4. The standard InChI is InChI=1S/C17H12N4O2S/c22-15-11-6-2-1-5-10(11)13(20-21-15)9-18-16(23)17-19-12-7-3-4-8-14(12)24-17/h1-8,13H,9H2,(H,18,23). The summed E-state index contributed by atoms with van der Waals surface area (Å²) in [7, 11) is 0. The van der Waals surface area contributed by atoms with Gasteiger partial charge in [-0.2, -0.15) is 5.11 Å². The molecule has 6 nitrogen and oxygen atoms in total. The maximum absolute atomic E-state index is 12.3. The van der Waals surface area contributed by atoms with Crippen LogP contribution in [-0.2, 0) is 0 Å². The minimum absolute atomic E-state index is 0.249. The molecule has 24 heavy (non-hydrogen) atoms.